The van der Waals surface area contributed by atoms with Crippen LogP contribution in [0.15, 0.2) is 269 Å². The van der Waals surface area contributed by atoms with Crippen molar-refractivity contribution in [3.8, 4) is 44.5 Å². The molecule has 17 aromatic rings. The lowest BCUT2D eigenvalue weighted by molar-refractivity contribution is 0.0984. The first-order chi connectivity index (χ1) is 65.1. The van der Waals surface area contributed by atoms with Gasteiger partial charge < -0.3 is 8.83 Å². The van der Waals surface area contributed by atoms with E-state index in [2.05, 4.69) is 393 Å². The molecule has 0 saturated carbocycles. The second-order valence-electron chi connectivity index (χ2n) is 42.9. The molecule has 7 aliphatic carbocycles. The predicted octanol–water partition coefficient (Wildman–Crippen LogP) is 33.9. The maximum absolute atomic E-state index is 12.8. The Kier molecular flexibility index (Phi) is 23.4. The van der Waals surface area contributed by atoms with Crippen LogP contribution in [0, 0.1) is 109 Å². The van der Waals surface area contributed by atoms with Crippen LogP contribution in [0.5, 0.6) is 0 Å². The highest BCUT2D eigenvalue weighted by molar-refractivity contribution is 7.13. The third-order valence-electron chi connectivity index (χ3n) is 32.5. The molecule has 3 nitrogen and oxygen atoms in total. The topological polar surface area (TPSA) is 43.4 Å². The summed E-state index contributed by atoms with van der Waals surface area (Å²) in [6, 6.07) is 100.0. The van der Waals surface area contributed by atoms with Gasteiger partial charge in [0.15, 0.2) is 5.78 Å². The molecule has 0 N–H and O–H groups in total. The Hall–Kier alpha value is -11.6. The fraction of sp³-hybridized carbons (Fsp3) is 0.295. The van der Waals surface area contributed by atoms with Crippen molar-refractivity contribution in [2.24, 2.45) is 5.41 Å². The second kappa shape index (κ2) is 34.6. The Bertz CT molecular complexity index is 7130. The number of aryl methyl sites for hydroxylation is 15. The van der Waals surface area contributed by atoms with Crippen molar-refractivity contribution in [2.75, 3.05) is 0 Å². The third-order valence-corrected chi connectivity index (χ3v) is 40.1. The molecule has 7 heterocycles. The quantitative estimate of drug-likeness (QED) is 0.166. The van der Waals surface area contributed by atoms with Gasteiger partial charge in [0.1, 0.15) is 23.0 Å². The number of carbonyl (C=O) groups excluding carboxylic acids is 1. The molecule has 136 heavy (non-hydrogen) atoms. The molecule has 0 unspecified atom stereocenters. The summed E-state index contributed by atoms with van der Waals surface area (Å²) in [7, 11) is -1.09. The van der Waals surface area contributed by atoms with Gasteiger partial charge in [-0.25, -0.2) is 0 Å². The molecule has 0 radical (unpaired) electrons. The van der Waals surface area contributed by atoms with E-state index in [1.165, 1.54) is 238 Å². The van der Waals surface area contributed by atoms with Gasteiger partial charge in [-0.15, -0.1) is 34.0 Å². The van der Waals surface area contributed by atoms with E-state index >= 15 is 0 Å². The van der Waals surface area contributed by atoms with Crippen molar-refractivity contribution < 1.29 is 13.6 Å². The Morgan fingerprint density at radius 3 is 1.14 bits per heavy atom. The summed E-state index contributed by atoms with van der Waals surface area (Å²) in [6.07, 6.45) is 5.26. The molecule has 2 aliphatic heterocycles. The molecule has 0 fully saturated rings. The predicted molar refractivity (Wildman–Crippen MR) is 579 cm³/mol. The summed E-state index contributed by atoms with van der Waals surface area (Å²) in [5.74, 6) is 4.79. The van der Waals surface area contributed by atoms with E-state index in [-0.39, 0.29) is 32.9 Å². The Morgan fingerprint density at radius 2 is 0.706 bits per heavy atom. The lowest BCUT2D eigenvalue weighted by Crippen LogP contribution is -2.38. The summed E-state index contributed by atoms with van der Waals surface area (Å²) >= 11 is 5.92. The van der Waals surface area contributed by atoms with Gasteiger partial charge in [-0.3, -0.25) is 4.79 Å². The number of hydrogen-bond acceptors (Lipinski definition) is 6. The summed E-state index contributed by atoms with van der Waals surface area (Å²) in [6.45, 7) is 50.9. The van der Waals surface area contributed by atoms with Crippen LogP contribution >= 0.6 is 34.0 Å². The first kappa shape index (κ1) is 92.2. The zero-order valence-electron chi connectivity index (χ0n) is 84.1. The van der Waals surface area contributed by atoms with Gasteiger partial charge in [0.25, 0.3) is 0 Å². The molecule has 0 saturated heterocycles. The monoisotopic (exact) mass is 1850 g/mol. The first-order valence-corrected chi connectivity index (χ1v) is 54.9. The van der Waals surface area contributed by atoms with Gasteiger partial charge >= 0.3 is 0 Å². The number of benzene rings is 12. The zero-order chi connectivity index (χ0) is 95.5. The van der Waals surface area contributed by atoms with E-state index in [0.717, 1.165) is 28.6 Å². The standard InChI is InChI=1S/C29H28S.C23H18O.C22H20.C20H18.C17H20O2.C16H20S2Si.C2H6/c1-19-8-14-23-24-15-9-20(2)18-26(24)29(25(23)17-19,27-7-6-16-30-27)22-12-10-21(11-13-22)28(3,4)5;1-14-7-9-16-17-10-8-15(2)12-21(17)23(20(16)11-14)13-22(24)18-5-3-4-6-19(18)23;1-15-9-11-18-19-12-10-16(2)14-21(19)22(3,20(18)13-15)17-7-5-4-6-8-17;1-13-8-10-16-18(12-13)20(2,3)17-11-9-14-6-4-5-7-15(14)19(16)17;1-9-13-5-17(6-14(13)10(2)18-9)7-15-11(3)19-12(4)16(15)8-17;1-9-13-5-19(6-14(13)10(2)17-9)7-15-11(3)18-12(4)16(15)8-19;1-2/h6-18H,1-5H3;3-12H,13H2,1-2H3;4-14H,1-3H3;4-12H,1-3H3;2*5-8H2,1-4H3;1-2H3. The van der Waals surface area contributed by atoms with Crippen molar-refractivity contribution in [1.29, 1.82) is 0 Å². The normalized spacial score (nSPS) is 16.0. The van der Waals surface area contributed by atoms with Crippen molar-refractivity contribution in [1.82, 2.24) is 0 Å². The molecule has 7 heteroatoms. The van der Waals surface area contributed by atoms with Crippen LogP contribution in [0.4, 0.5) is 0 Å². The van der Waals surface area contributed by atoms with Crippen LogP contribution in [-0.4, -0.2) is 13.9 Å². The summed E-state index contributed by atoms with van der Waals surface area (Å²) in [4.78, 5) is 20.7. The Labute approximate surface area is 821 Å². The number of carbonyl (C=O) groups is 1. The number of hydrogen-bond donors (Lipinski definition) is 0. The van der Waals surface area contributed by atoms with E-state index in [1.807, 2.05) is 60.0 Å². The average Bonchev–Trinajstić information content (AvgIpc) is 1.53. The van der Waals surface area contributed by atoms with E-state index in [9.17, 15) is 4.79 Å². The van der Waals surface area contributed by atoms with Crippen LogP contribution < -0.4 is 0 Å². The van der Waals surface area contributed by atoms with Crippen molar-refractivity contribution in [2.45, 2.75) is 243 Å². The van der Waals surface area contributed by atoms with E-state index < -0.39 is 8.07 Å². The fourth-order valence-electron chi connectivity index (χ4n) is 25.8. The summed E-state index contributed by atoms with van der Waals surface area (Å²) < 4.78 is 11.6. The number of ketones is 1. The van der Waals surface area contributed by atoms with Gasteiger partial charge in [-0.2, -0.15) is 0 Å². The van der Waals surface area contributed by atoms with Gasteiger partial charge in [0.2, 0.25) is 0 Å². The average molecular weight is 1850 g/mol. The van der Waals surface area contributed by atoms with E-state index in [1.54, 1.807) is 41.8 Å². The van der Waals surface area contributed by atoms with Crippen LogP contribution in [0.2, 0.25) is 0 Å². The highest BCUT2D eigenvalue weighted by Crippen LogP contribution is 2.62. The first-order valence-electron chi connectivity index (χ1n) is 49.6. The SMILES string of the molecule is CC.Cc1ccc2c(c1)C(C)(C)c1ccc3ccccc3c1-2.Cc1ccc2c(c1)C(C)(c1ccccc1)c1cc(C)ccc1-2.Cc1ccc2c(c1)C(c1ccc(C(C)(C)C)cc1)(c1cccs1)c1cc(C)ccc1-2.Cc1ccc2c(c1)C1(CC(=O)c3ccccc31)c1cc(C)ccc1-2.Cc1oc(C)c2c1CC1(C2)Cc2c(C)oc(C)c2C1.Cc1sc(C)c2c1C[Si]1(C2)Cc2c(C)sc(C)c2C1. The molecular formula is C129H130O3S3Si. The molecule has 0 amide bonds. The Balaban J connectivity index is 0.000000101. The third kappa shape index (κ3) is 15.0. The molecular weight excluding hydrogens is 1720 g/mol. The largest absolute Gasteiger partial charge is 0.466 e. The summed E-state index contributed by atoms with van der Waals surface area (Å²) in [5, 5.41) is 4.92. The fourth-order valence-corrected chi connectivity index (χ4v) is 35.1. The molecule has 9 aliphatic rings. The molecule has 0 atom stereocenters. The number of Topliss-reactive ketones (excluding diaryl/α,β-unsaturated/α-hetero) is 1. The number of fused-ring (bicyclic) bond motifs is 22. The number of furan rings is 2. The van der Waals surface area contributed by atoms with Gasteiger partial charge in [0, 0.05) is 47.2 Å². The van der Waals surface area contributed by atoms with Crippen molar-refractivity contribution >= 4 is 58.6 Å². The Morgan fingerprint density at radius 1 is 0.324 bits per heavy atom. The zero-order valence-corrected chi connectivity index (χ0v) is 87.6. The lowest BCUT2D eigenvalue weighted by Gasteiger charge is -2.33. The van der Waals surface area contributed by atoms with Crippen molar-refractivity contribution in [3.05, 3.63) is 463 Å². The van der Waals surface area contributed by atoms with Gasteiger partial charge in [0.05, 0.1) is 18.9 Å². The molecule has 12 aromatic carbocycles. The second-order valence-corrected chi connectivity index (χ2v) is 51.1. The van der Waals surface area contributed by atoms with Crippen LogP contribution in [0.1, 0.15) is 270 Å². The maximum atomic E-state index is 12.8. The molecule has 686 valence electrons. The highest BCUT2D eigenvalue weighted by Gasteiger charge is 2.54. The molecule has 0 bridgehead atoms. The summed E-state index contributed by atoms with van der Waals surface area (Å²) in [5.41, 5.74) is 50.3. The van der Waals surface area contributed by atoms with Gasteiger partial charge in [-0.05, 0) is 349 Å². The van der Waals surface area contributed by atoms with Crippen LogP contribution in [-0.2, 0) is 76.9 Å². The minimum Gasteiger partial charge on any atom is -0.466 e. The molecule has 3 spiro atoms. The van der Waals surface area contributed by atoms with E-state index in [4.69, 9.17) is 8.83 Å². The smallest absolute Gasteiger partial charge is 0.164 e. The van der Waals surface area contributed by atoms with Gasteiger partial charge in [-0.1, -0.05) is 336 Å². The van der Waals surface area contributed by atoms with E-state index in [0.29, 0.717) is 11.8 Å². The minimum atomic E-state index is -1.09. The lowest BCUT2D eigenvalue weighted by atomic mass is 9.70. The van der Waals surface area contributed by atoms with Crippen molar-refractivity contribution in [3.63, 3.8) is 0 Å². The maximum Gasteiger partial charge on any atom is 0.164 e. The minimum absolute atomic E-state index is 0.0655. The number of rotatable bonds is 3. The van der Waals surface area contributed by atoms with Crippen LogP contribution in [0.25, 0.3) is 55.3 Å². The number of thiophene rings is 3. The molecule has 26 rings (SSSR count). The van der Waals surface area contributed by atoms with Crippen LogP contribution in [0.3, 0.4) is 0 Å². The highest BCUT2D eigenvalue weighted by atomic mass is 32.1. The molecule has 5 aromatic heterocycles.